The number of rotatable bonds is 4. The molecule has 3 aromatic rings. The molecule has 2 heterocycles. The van der Waals surface area contributed by atoms with E-state index in [0.29, 0.717) is 5.69 Å². The molecule has 1 aromatic heterocycles. The number of hydrogen-bond acceptors (Lipinski definition) is 4. The van der Waals surface area contributed by atoms with Crippen LogP contribution in [0.25, 0.3) is 0 Å². The van der Waals surface area contributed by atoms with Gasteiger partial charge in [0.2, 0.25) is 0 Å². The summed E-state index contributed by atoms with van der Waals surface area (Å²) in [6.07, 6.45) is -2.85. The third kappa shape index (κ3) is 4.59. The molecular formula is C21H18BrF3N4OS. The molecule has 0 radical (unpaired) electrons. The van der Waals surface area contributed by atoms with E-state index in [0.717, 1.165) is 19.6 Å². The van der Waals surface area contributed by atoms with E-state index in [9.17, 15) is 18.0 Å². The highest BCUT2D eigenvalue weighted by Gasteiger charge is 2.46. The maximum atomic E-state index is 13.8. The van der Waals surface area contributed by atoms with Gasteiger partial charge in [0.05, 0.1) is 11.7 Å². The van der Waals surface area contributed by atoms with Crippen molar-refractivity contribution >= 4 is 45.1 Å². The van der Waals surface area contributed by atoms with Crippen LogP contribution in [0, 0.1) is 0 Å². The number of anilines is 2. The second kappa shape index (κ2) is 8.58. The van der Waals surface area contributed by atoms with Crippen molar-refractivity contribution in [2.75, 3.05) is 16.9 Å². The minimum atomic E-state index is -4.50. The van der Waals surface area contributed by atoms with Crippen LogP contribution in [0.5, 0.6) is 0 Å². The fourth-order valence-corrected chi connectivity index (χ4v) is 4.35. The predicted molar refractivity (Wildman–Crippen MR) is 119 cm³/mol. The van der Waals surface area contributed by atoms with Crippen molar-refractivity contribution in [1.82, 2.24) is 9.78 Å². The molecule has 31 heavy (non-hydrogen) atoms. The molecule has 5 nitrogen and oxygen atoms in total. The molecule has 0 saturated heterocycles. The van der Waals surface area contributed by atoms with Gasteiger partial charge >= 0.3 is 6.18 Å². The molecule has 10 heteroatoms. The first-order valence-corrected chi connectivity index (χ1v) is 11.4. The van der Waals surface area contributed by atoms with Gasteiger partial charge in [-0.25, -0.2) is 4.68 Å². The zero-order chi connectivity index (χ0) is 22.2. The van der Waals surface area contributed by atoms with E-state index in [2.05, 4.69) is 31.7 Å². The highest BCUT2D eigenvalue weighted by Crippen LogP contribution is 2.43. The van der Waals surface area contributed by atoms with E-state index in [-0.39, 0.29) is 17.9 Å². The number of halogens is 4. The van der Waals surface area contributed by atoms with Crippen molar-refractivity contribution in [3.8, 4) is 0 Å². The Morgan fingerprint density at radius 2 is 1.94 bits per heavy atom. The highest BCUT2D eigenvalue weighted by atomic mass is 79.9. The maximum Gasteiger partial charge on any atom is 0.410 e. The van der Waals surface area contributed by atoms with Crippen LogP contribution in [0.2, 0.25) is 0 Å². The fraction of sp³-hybridized carbons (Fsp3) is 0.238. The molecular weight excluding hydrogens is 493 g/mol. The third-order valence-corrected chi connectivity index (χ3v) is 6.37. The van der Waals surface area contributed by atoms with E-state index >= 15 is 0 Å². The Labute approximate surface area is 189 Å². The summed E-state index contributed by atoms with van der Waals surface area (Å²) in [5.74, 6) is -0.406. The van der Waals surface area contributed by atoms with Crippen molar-refractivity contribution in [2.45, 2.75) is 29.6 Å². The Kier molecular flexibility index (Phi) is 6.02. The molecule has 4 rings (SSSR count). The number of benzene rings is 2. The first kappa shape index (κ1) is 21.8. The Balaban J connectivity index is 1.64. The molecule has 1 aliphatic heterocycles. The topological polar surface area (TPSA) is 59.0 Å². The second-order valence-corrected chi connectivity index (χ2v) is 8.82. The minimum absolute atomic E-state index is 0.0795. The summed E-state index contributed by atoms with van der Waals surface area (Å²) in [7, 11) is 0. The number of carbonyl (C=O) groups is 1. The Hall–Kier alpha value is -2.46. The van der Waals surface area contributed by atoms with Crippen molar-refractivity contribution in [1.29, 1.82) is 0 Å². The number of fused-ring (bicyclic) bond motifs is 1. The summed E-state index contributed by atoms with van der Waals surface area (Å²) in [6.45, 7) is 0. The molecule has 2 aromatic carbocycles. The number of alkyl halides is 3. The maximum absolute atomic E-state index is 13.8. The monoisotopic (exact) mass is 510 g/mol. The Morgan fingerprint density at radius 3 is 2.61 bits per heavy atom. The van der Waals surface area contributed by atoms with Gasteiger partial charge in [0, 0.05) is 21.9 Å². The lowest BCUT2D eigenvalue weighted by molar-refractivity contribution is -0.173. The quantitative estimate of drug-likeness (QED) is 0.405. The van der Waals surface area contributed by atoms with Gasteiger partial charge in [0.15, 0.2) is 11.7 Å². The molecule has 2 unspecified atom stereocenters. The fourth-order valence-electron chi connectivity index (χ4n) is 3.53. The van der Waals surface area contributed by atoms with E-state index in [1.54, 1.807) is 36.4 Å². The van der Waals surface area contributed by atoms with Gasteiger partial charge < -0.3 is 10.6 Å². The summed E-state index contributed by atoms with van der Waals surface area (Å²) in [6, 6.07) is 13.3. The first-order valence-electron chi connectivity index (χ1n) is 9.39. The molecule has 0 saturated carbocycles. The lowest BCUT2D eigenvalue weighted by atomic mass is 9.97. The standard InChI is InChI=1S/C21H18BrF3N4OS/c1-31-17-5-3-2-4-14(17)27-20(30)16-11-19-26-15(12-6-8-13(22)9-7-12)10-18(21(23,24)25)29(19)28-16/h2-9,11,15,18,26H,10H2,1H3,(H,27,30). The second-order valence-electron chi connectivity index (χ2n) is 7.06. The first-order chi connectivity index (χ1) is 14.8. The van der Waals surface area contributed by atoms with Crippen LogP contribution in [-0.4, -0.2) is 28.1 Å². The number of nitrogens with zero attached hydrogens (tertiary/aromatic N) is 2. The smallest absolute Gasteiger partial charge is 0.363 e. The normalized spacial score (nSPS) is 18.2. The Bertz CT molecular complexity index is 1100. The number of hydrogen-bond donors (Lipinski definition) is 2. The molecule has 2 atom stereocenters. The van der Waals surface area contributed by atoms with Gasteiger partial charge in [0.1, 0.15) is 5.82 Å². The van der Waals surface area contributed by atoms with Crippen molar-refractivity contribution in [3.63, 3.8) is 0 Å². The van der Waals surface area contributed by atoms with Gasteiger partial charge in [0.25, 0.3) is 5.91 Å². The molecule has 0 fully saturated rings. The summed E-state index contributed by atoms with van der Waals surface area (Å²) >= 11 is 4.79. The predicted octanol–water partition coefficient (Wildman–Crippen LogP) is 6.28. The van der Waals surface area contributed by atoms with Crippen LogP contribution in [0.15, 0.2) is 64.0 Å². The van der Waals surface area contributed by atoms with Crippen LogP contribution in [0.4, 0.5) is 24.7 Å². The van der Waals surface area contributed by atoms with Crippen LogP contribution in [-0.2, 0) is 0 Å². The summed E-state index contributed by atoms with van der Waals surface area (Å²) in [4.78, 5) is 13.6. The number of amides is 1. The van der Waals surface area contributed by atoms with Gasteiger partial charge in [-0.1, -0.05) is 40.2 Å². The molecule has 0 aliphatic carbocycles. The summed E-state index contributed by atoms with van der Waals surface area (Å²) < 4.78 is 43.2. The van der Waals surface area contributed by atoms with Gasteiger partial charge in [-0.05, 0) is 36.1 Å². The lowest BCUT2D eigenvalue weighted by Gasteiger charge is -2.33. The zero-order valence-electron chi connectivity index (χ0n) is 16.3. The number of nitrogens with one attached hydrogen (secondary N) is 2. The van der Waals surface area contributed by atoms with E-state index in [1.807, 2.05) is 18.4 Å². The van der Waals surface area contributed by atoms with E-state index in [1.165, 1.54) is 17.8 Å². The number of carbonyl (C=O) groups excluding carboxylic acids is 1. The van der Waals surface area contributed by atoms with Crippen LogP contribution >= 0.6 is 27.7 Å². The highest BCUT2D eigenvalue weighted by molar-refractivity contribution is 9.10. The molecule has 162 valence electrons. The van der Waals surface area contributed by atoms with Crippen LogP contribution in [0.3, 0.4) is 0 Å². The van der Waals surface area contributed by atoms with Gasteiger partial charge in [-0.15, -0.1) is 11.8 Å². The largest absolute Gasteiger partial charge is 0.410 e. The third-order valence-electron chi connectivity index (χ3n) is 5.05. The average Bonchev–Trinajstić information content (AvgIpc) is 3.17. The van der Waals surface area contributed by atoms with Crippen LogP contribution in [0.1, 0.15) is 34.6 Å². The average molecular weight is 511 g/mol. The van der Waals surface area contributed by atoms with Crippen molar-refractivity contribution < 1.29 is 18.0 Å². The molecule has 1 aliphatic rings. The van der Waals surface area contributed by atoms with Crippen molar-refractivity contribution in [3.05, 3.63) is 70.3 Å². The van der Waals surface area contributed by atoms with E-state index < -0.39 is 24.2 Å². The van der Waals surface area contributed by atoms with Gasteiger partial charge in [-0.3, -0.25) is 4.79 Å². The zero-order valence-corrected chi connectivity index (χ0v) is 18.7. The molecule has 1 amide bonds. The number of para-hydroxylation sites is 1. The number of thioether (sulfide) groups is 1. The van der Waals surface area contributed by atoms with Crippen LogP contribution < -0.4 is 10.6 Å². The molecule has 0 spiro atoms. The molecule has 0 bridgehead atoms. The van der Waals surface area contributed by atoms with Crippen molar-refractivity contribution in [2.24, 2.45) is 0 Å². The summed E-state index contributed by atoms with van der Waals surface area (Å²) in [5.41, 5.74) is 1.23. The van der Waals surface area contributed by atoms with E-state index in [4.69, 9.17) is 0 Å². The minimum Gasteiger partial charge on any atom is -0.363 e. The van der Waals surface area contributed by atoms with Gasteiger partial charge in [-0.2, -0.15) is 18.3 Å². The SMILES string of the molecule is CSc1ccccc1NC(=O)c1cc2n(n1)C(C(F)(F)F)CC(c1ccc(Br)cc1)N2. The number of aromatic nitrogens is 2. The summed E-state index contributed by atoms with van der Waals surface area (Å²) in [5, 5.41) is 9.84. The molecule has 2 N–H and O–H groups in total. The lowest BCUT2D eigenvalue weighted by Crippen LogP contribution is -2.35. The Morgan fingerprint density at radius 1 is 1.23 bits per heavy atom.